The third-order valence-electron chi connectivity index (χ3n) is 8.41. The highest BCUT2D eigenvalue weighted by Gasteiger charge is 2.26. The molecule has 3 aliphatic heterocycles. The summed E-state index contributed by atoms with van der Waals surface area (Å²) in [6.45, 7) is 5.77. The zero-order chi connectivity index (χ0) is 28.3. The van der Waals surface area contributed by atoms with Crippen LogP contribution in [0.1, 0.15) is 35.2 Å². The van der Waals surface area contributed by atoms with Gasteiger partial charge in [0.05, 0.1) is 13.2 Å². The molecule has 11 heteroatoms. The molecule has 216 valence electrons. The summed E-state index contributed by atoms with van der Waals surface area (Å²) in [4.78, 5) is 38.7. The number of carbonyl (C=O) groups is 2. The second kappa shape index (κ2) is 11.9. The number of aromatic nitrogens is 3. The number of morpholine rings is 1. The van der Waals surface area contributed by atoms with Crippen LogP contribution in [0.25, 0.3) is 11.2 Å². The van der Waals surface area contributed by atoms with Crippen LogP contribution in [-0.2, 0) is 4.74 Å². The number of pyridine rings is 1. The number of carbonyl (C=O) groups excluding carboxylic acids is 2. The molecule has 0 radical (unpaired) electrons. The van der Waals surface area contributed by atoms with Crippen LogP contribution in [0.3, 0.4) is 0 Å². The molecule has 2 aromatic heterocycles. The highest BCUT2D eigenvalue weighted by molar-refractivity contribution is 5.94. The van der Waals surface area contributed by atoms with Gasteiger partial charge in [0.15, 0.2) is 5.65 Å². The molecule has 0 bridgehead atoms. The molecule has 1 N–H and O–H groups in total. The minimum atomic E-state index is 0.0487. The third kappa shape index (κ3) is 5.91. The van der Waals surface area contributed by atoms with E-state index in [2.05, 4.69) is 34.5 Å². The van der Waals surface area contributed by atoms with Crippen LogP contribution in [0.15, 0.2) is 48.7 Å². The summed E-state index contributed by atoms with van der Waals surface area (Å²) in [5.41, 5.74) is 4.44. The number of nitrogens with one attached hydrogen (secondary N) is 1. The van der Waals surface area contributed by atoms with Gasteiger partial charge in [-0.25, -0.2) is 9.31 Å². The number of benzene rings is 1. The van der Waals surface area contributed by atoms with E-state index in [1.807, 2.05) is 58.3 Å². The molecule has 5 heterocycles. The van der Waals surface area contributed by atoms with Crippen LogP contribution in [-0.4, -0.2) is 119 Å². The van der Waals surface area contributed by atoms with E-state index >= 15 is 0 Å². The molecular weight excluding hydrogens is 520 g/mol. The van der Waals surface area contributed by atoms with E-state index in [1.54, 1.807) is 4.52 Å². The Morgan fingerprint density at radius 1 is 1.00 bits per heavy atom. The van der Waals surface area contributed by atoms with E-state index in [-0.39, 0.29) is 18.0 Å². The van der Waals surface area contributed by atoms with Gasteiger partial charge in [0.25, 0.3) is 5.91 Å². The predicted molar refractivity (Wildman–Crippen MR) is 157 cm³/mol. The van der Waals surface area contributed by atoms with Gasteiger partial charge in [0.1, 0.15) is 0 Å². The summed E-state index contributed by atoms with van der Waals surface area (Å²) in [5, 5.41) is 7.91. The monoisotopic (exact) mass is 558 g/mol. The lowest BCUT2D eigenvalue weighted by Crippen LogP contribution is -2.49. The molecule has 3 aromatic rings. The van der Waals surface area contributed by atoms with Crippen molar-refractivity contribution in [3.05, 3.63) is 59.8 Å². The zero-order valence-electron chi connectivity index (χ0n) is 23.8. The first-order valence-electron chi connectivity index (χ1n) is 14.5. The van der Waals surface area contributed by atoms with Gasteiger partial charge in [-0.2, -0.15) is 4.98 Å². The van der Waals surface area contributed by atoms with Crippen LogP contribution in [0.4, 0.5) is 16.4 Å². The molecule has 0 saturated carbocycles. The lowest BCUT2D eigenvalue weighted by atomic mass is 10.0. The molecular formula is C30H38N8O3. The lowest BCUT2D eigenvalue weighted by Gasteiger charge is -2.35. The number of rotatable bonds is 5. The van der Waals surface area contributed by atoms with Gasteiger partial charge in [0, 0.05) is 62.3 Å². The van der Waals surface area contributed by atoms with E-state index < -0.39 is 0 Å². The second-order valence-corrected chi connectivity index (χ2v) is 11.1. The second-order valence-electron chi connectivity index (χ2n) is 11.1. The number of anilines is 2. The number of amides is 3. The van der Waals surface area contributed by atoms with Crippen LogP contribution in [0.5, 0.6) is 0 Å². The van der Waals surface area contributed by atoms with Gasteiger partial charge in [0.2, 0.25) is 5.95 Å². The van der Waals surface area contributed by atoms with Gasteiger partial charge in [-0.05, 0) is 81.4 Å². The van der Waals surface area contributed by atoms with Crippen molar-refractivity contribution in [1.82, 2.24) is 34.2 Å². The van der Waals surface area contributed by atoms with Crippen molar-refractivity contribution in [2.45, 2.75) is 25.3 Å². The summed E-state index contributed by atoms with van der Waals surface area (Å²) >= 11 is 0. The van der Waals surface area contributed by atoms with Gasteiger partial charge in [-0.15, -0.1) is 5.10 Å². The molecule has 6 rings (SSSR count). The largest absolute Gasteiger partial charge is 0.378 e. The Morgan fingerprint density at radius 2 is 1.76 bits per heavy atom. The molecule has 2 saturated heterocycles. The Morgan fingerprint density at radius 3 is 2.46 bits per heavy atom. The van der Waals surface area contributed by atoms with E-state index in [0.29, 0.717) is 50.9 Å². The molecule has 0 atom stereocenters. The lowest BCUT2D eigenvalue weighted by molar-refractivity contribution is 0.0441. The quantitative estimate of drug-likeness (QED) is 0.514. The molecule has 0 spiro atoms. The summed E-state index contributed by atoms with van der Waals surface area (Å²) in [6, 6.07) is 11.9. The van der Waals surface area contributed by atoms with Gasteiger partial charge >= 0.3 is 6.03 Å². The minimum Gasteiger partial charge on any atom is -0.378 e. The number of likely N-dealkylation sites (tertiary alicyclic amines) is 1. The maximum absolute atomic E-state index is 13.1. The van der Waals surface area contributed by atoms with Crippen molar-refractivity contribution in [3.63, 3.8) is 0 Å². The molecule has 11 nitrogen and oxygen atoms in total. The number of ether oxygens (including phenoxy) is 1. The zero-order valence-corrected chi connectivity index (χ0v) is 23.8. The van der Waals surface area contributed by atoms with Crippen molar-refractivity contribution in [2.24, 2.45) is 0 Å². The highest BCUT2D eigenvalue weighted by atomic mass is 16.5. The molecule has 0 aliphatic carbocycles. The standard InChI is InChI=1S/C30H38N8O3/c1-34-14-11-25(12-15-34)35(2)28(39)23-5-7-24(8-6-23)31-29-32-27-26(4-3-13-38(27)33-29)22-9-16-36(17-10-22)30(40)37-18-20-41-21-19-37/h3-9,13,25H,10-12,14-21H2,1-2H3,(H,31,33). The van der Waals surface area contributed by atoms with Crippen molar-refractivity contribution in [2.75, 3.05) is 71.9 Å². The summed E-state index contributed by atoms with van der Waals surface area (Å²) in [7, 11) is 4.03. The normalized spacial score (nSPS) is 18.8. The third-order valence-corrected chi connectivity index (χ3v) is 8.41. The molecule has 3 aliphatic rings. The fraction of sp³-hybridized carbons (Fsp3) is 0.467. The average Bonchev–Trinajstić information content (AvgIpc) is 3.44. The Hall–Kier alpha value is -3.96. The van der Waals surface area contributed by atoms with Crippen LogP contribution in [0.2, 0.25) is 0 Å². The maximum Gasteiger partial charge on any atom is 0.320 e. The predicted octanol–water partition coefficient (Wildman–Crippen LogP) is 3.18. The Labute approximate surface area is 240 Å². The number of hydrogen-bond donors (Lipinski definition) is 1. The molecule has 0 unspecified atom stereocenters. The van der Waals surface area contributed by atoms with Gasteiger partial charge in [-0.3, -0.25) is 4.79 Å². The first kappa shape index (κ1) is 27.2. The number of nitrogens with zero attached hydrogens (tertiary/aromatic N) is 7. The first-order chi connectivity index (χ1) is 20.0. The topological polar surface area (TPSA) is 98.5 Å². The van der Waals surface area contributed by atoms with Crippen molar-refractivity contribution in [1.29, 1.82) is 0 Å². The van der Waals surface area contributed by atoms with Crippen LogP contribution in [0, 0.1) is 0 Å². The molecule has 41 heavy (non-hydrogen) atoms. The van der Waals surface area contributed by atoms with Crippen LogP contribution >= 0.6 is 0 Å². The fourth-order valence-electron chi connectivity index (χ4n) is 5.83. The van der Waals surface area contributed by atoms with Crippen molar-refractivity contribution in [3.8, 4) is 0 Å². The van der Waals surface area contributed by atoms with E-state index in [4.69, 9.17) is 9.72 Å². The molecule has 2 fully saturated rings. The number of urea groups is 1. The Balaban J connectivity index is 1.11. The Kier molecular flexibility index (Phi) is 7.89. The smallest absolute Gasteiger partial charge is 0.320 e. The van der Waals surface area contributed by atoms with Crippen molar-refractivity contribution < 1.29 is 14.3 Å². The number of fused-ring (bicyclic) bond motifs is 1. The average molecular weight is 559 g/mol. The van der Waals surface area contributed by atoms with Gasteiger partial charge < -0.3 is 29.7 Å². The fourth-order valence-corrected chi connectivity index (χ4v) is 5.83. The maximum atomic E-state index is 13.1. The van der Waals surface area contributed by atoms with E-state index in [1.165, 1.54) is 0 Å². The SMILES string of the molecule is CN1CCC(N(C)C(=O)c2ccc(Nc3nc4c(C5=CCN(C(=O)N6CCOCC6)CC5)cccn4n3)cc2)CC1. The van der Waals surface area contributed by atoms with E-state index in [9.17, 15) is 9.59 Å². The minimum absolute atomic E-state index is 0.0487. The number of piperidine rings is 1. The first-order valence-corrected chi connectivity index (χ1v) is 14.5. The summed E-state index contributed by atoms with van der Waals surface area (Å²) < 4.78 is 7.15. The summed E-state index contributed by atoms with van der Waals surface area (Å²) in [6.07, 6.45) is 6.77. The van der Waals surface area contributed by atoms with Crippen LogP contribution < -0.4 is 5.32 Å². The summed E-state index contributed by atoms with van der Waals surface area (Å²) in [5.74, 6) is 0.535. The molecule has 1 aromatic carbocycles. The van der Waals surface area contributed by atoms with Crippen molar-refractivity contribution >= 4 is 34.8 Å². The number of hydrogen-bond acceptors (Lipinski definition) is 7. The molecule has 3 amide bonds. The highest BCUT2D eigenvalue weighted by Crippen LogP contribution is 2.27. The van der Waals surface area contributed by atoms with E-state index in [0.717, 1.165) is 54.8 Å². The Bertz CT molecular complexity index is 1420. The van der Waals surface area contributed by atoms with Gasteiger partial charge in [-0.1, -0.05) is 6.08 Å².